The van der Waals surface area contributed by atoms with E-state index < -0.39 is 11.3 Å². The molecule has 35 heavy (non-hydrogen) atoms. The second kappa shape index (κ2) is 9.01. The molecule has 8 heteroatoms. The monoisotopic (exact) mass is 496 g/mol. The average molecular weight is 497 g/mol. The molecule has 2 unspecified atom stereocenters. The van der Waals surface area contributed by atoms with Crippen LogP contribution in [-0.4, -0.2) is 40.1 Å². The lowest BCUT2D eigenvalue weighted by Gasteiger charge is -2.47. The molecule has 186 valence electrons. The maximum atomic E-state index is 13.6. The number of hydrogen-bond acceptors (Lipinski definition) is 5. The van der Waals surface area contributed by atoms with E-state index in [2.05, 4.69) is 15.5 Å². The molecular weight excluding hydrogens is 464 g/mol. The number of carbonyl (C=O) groups excluding carboxylic acids is 2. The zero-order valence-electron chi connectivity index (χ0n) is 20.6. The number of piperidine rings is 1. The van der Waals surface area contributed by atoms with Crippen LogP contribution >= 0.6 is 11.6 Å². The Morgan fingerprint density at radius 3 is 2.60 bits per heavy atom. The average Bonchev–Trinajstić information content (AvgIpc) is 3.60. The smallest absolute Gasteiger partial charge is 0.265 e. The lowest BCUT2D eigenvalue weighted by Crippen LogP contribution is -2.65. The van der Waals surface area contributed by atoms with Gasteiger partial charge in [-0.2, -0.15) is 0 Å². The molecule has 5 rings (SSSR count). The van der Waals surface area contributed by atoms with Crippen LogP contribution in [0.1, 0.15) is 74.7 Å². The van der Waals surface area contributed by atoms with Crippen LogP contribution in [0.15, 0.2) is 36.5 Å². The van der Waals surface area contributed by atoms with E-state index in [-0.39, 0.29) is 23.9 Å². The van der Waals surface area contributed by atoms with Crippen LogP contribution in [0.4, 0.5) is 5.82 Å². The van der Waals surface area contributed by atoms with Gasteiger partial charge in [0.05, 0.1) is 5.56 Å². The maximum absolute atomic E-state index is 13.6. The molecule has 7 nitrogen and oxygen atoms in total. The highest BCUT2D eigenvalue weighted by Crippen LogP contribution is 2.46. The van der Waals surface area contributed by atoms with Gasteiger partial charge in [0.2, 0.25) is 0 Å². The Bertz CT molecular complexity index is 1130. The summed E-state index contributed by atoms with van der Waals surface area (Å²) in [6.07, 6.45) is 8.42. The van der Waals surface area contributed by atoms with Gasteiger partial charge in [-0.05, 0) is 102 Å². The molecule has 0 radical (unpaired) electrons. The summed E-state index contributed by atoms with van der Waals surface area (Å²) in [4.78, 5) is 33.7. The van der Waals surface area contributed by atoms with Crippen molar-refractivity contribution in [2.24, 2.45) is 0 Å². The molecule has 2 saturated heterocycles. The number of rotatable bonds is 7. The van der Waals surface area contributed by atoms with Gasteiger partial charge in [0, 0.05) is 23.3 Å². The third-order valence-corrected chi connectivity index (χ3v) is 7.57. The van der Waals surface area contributed by atoms with Crippen molar-refractivity contribution in [3.8, 4) is 5.75 Å². The molecule has 1 aromatic carbocycles. The molecule has 2 atom stereocenters. The van der Waals surface area contributed by atoms with E-state index in [4.69, 9.17) is 21.3 Å². The summed E-state index contributed by atoms with van der Waals surface area (Å²) in [6.45, 7) is 5.49. The number of hydrogen-bond donors (Lipinski definition) is 2. The molecule has 1 saturated carbocycles. The number of amides is 2. The quantitative estimate of drug-likeness (QED) is 0.577. The standard InChI is InChI=1S/C27H33ClN4O3/c1-17-15-22(24(33)30-19-8-9-19)23(29-16-17)32-20-5-4-13-27(32,14-12-20)31-25(34)26(2,3)35-21-10-6-18(28)7-11-21/h6-7,10-11,15-16,19-20H,4-5,8-9,12-14H2,1-3H3,(H,30,33)(H,31,34). The number of anilines is 1. The number of carbonyl (C=O) groups is 2. The minimum atomic E-state index is -1.10. The molecular formula is C27H33ClN4O3. The number of aromatic nitrogens is 1. The van der Waals surface area contributed by atoms with E-state index >= 15 is 0 Å². The van der Waals surface area contributed by atoms with Gasteiger partial charge in [0.1, 0.15) is 17.2 Å². The van der Waals surface area contributed by atoms with Crippen molar-refractivity contribution in [3.05, 3.63) is 52.7 Å². The predicted octanol–water partition coefficient (Wildman–Crippen LogP) is 4.76. The van der Waals surface area contributed by atoms with Crippen LogP contribution < -0.4 is 20.3 Å². The van der Waals surface area contributed by atoms with Crippen molar-refractivity contribution in [2.45, 2.75) is 89.1 Å². The van der Waals surface area contributed by atoms with E-state index in [1.165, 1.54) is 0 Å². The van der Waals surface area contributed by atoms with Gasteiger partial charge in [-0.15, -0.1) is 0 Å². The Morgan fingerprint density at radius 1 is 1.14 bits per heavy atom. The minimum Gasteiger partial charge on any atom is -0.478 e. The van der Waals surface area contributed by atoms with Gasteiger partial charge in [0.15, 0.2) is 5.60 Å². The first-order valence-corrected chi connectivity index (χ1v) is 12.9. The topological polar surface area (TPSA) is 83.6 Å². The lowest BCUT2D eigenvalue weighted by atomic mass is 9.94. The number of benzene rings is 1. The number of ether oxygens (including phenoxy) is 1. The van der Waals surface area contributed by atoms with Gasteiger partial charge in [-0.1, -0.05) is 11.6 Å². The van der Waals surface area contributed by atoms with Crippen LogP contribution in [0.2, 0.25) is 5.02 Å². The predicted molar refractivity (Wildman–Crippen MR) is 136 cm³/mol. The second-order valence-corrected chi connectivity index (χ2v) is 11.1. The first kappa shape index (κ1) is 23.9. The number of nitrogens with one attached hydrogen (secondary N) is 2. The van der Waals surface area contributed by atoms with Crippen molar-refractivity contribution in [2.75, 3.05) is 4.90 Å². The number of aryl methyl sites for hydroxylation is 1. The number of halogens is 1. The Balaban J connectivity index is 1.43. The molecule has 3 fully saturated rings. The highest BCUT2D eigenvalue weighted by atomic mass is 35.5. The first-order valence-electron chi connectivity index (χ1n) is 12.5. The van der Waals surface area contributed by atoms with Crippen molar-refractivity contribution >= 4 is 29.2 Å². The van der Waals surface area contributed by atoms with E-state index in [0.717, 1.165) is 50.5 Å². The molecule has 1 aliphatic carbocycles. The summed E-state index contributed by atoms with van der Waals surface area (Å²) in [6, 6.07) is 9.40. The fourth-order valence-corrected chi connectivity index (χ4v) is 5.46. The zero-order valence-corrected chi connectivity index (χ0v) is 21.3. The largest absolute Gasteiger partial charge is 0.478 e. The SMILES string of the molecule is Cc1cnc(N2C3CCCC2(NC(=O)C(C)(C)Oc2ccc(Cl)cc2)CC3)c(C(=O)NC2CC2)c1. The van der Waals surface area contributed by atoms with Crippen LogP contribution in [0.3, 0.4) is 0 Å². The van der Waals surface area contributed by atoms with Crippen LogP contribution in [0.5, 0.6) is 5.75 Å². The molecule has 2 bridgehead atoms. The van der Waals surface area contributed by atoms with E-state index in [1.54, 1.807) is 44.3 Å². The maximum Gasteiger partial charge on any atom is 0.265 e. The third kappa shape index (κ3) is 4.83. The summed E-state index contributed by atoms with van der Waals surface area (Å²) in [5.74, 6) is 0.955. The summed E-state index contributed by atoms with van der Waals surface area (Å²) in [5.41, 5.74) is -0.177. The normalized spacial score (nSPS) is 23.7. The van der Waals surface area contributed by atoms with Crippen molar-refractivity contribution in [1.29, 1.82) is 0 Å². The van der Waals surface area contributed by atoms with Gasteiger partial charge in [-0.3, -0.25) is 9.59 Å². The number of pyridine rings is 1. The van der Waals surface area contributed by atoms with Crippen molar-refractivity contribution in [1.82, 2.24) is 15.6 Å². The summed E-state index contributed by atoms with van der Waals surface area (Å²) < 4.78 is 6.06. The van der Waals surface area contributed by atoms with Crippen LogP contribution in [0, 0.1) is 6.92 Å². The highest BCUT2D eigenvalue weighted by Gasteiger charge is 2.52. The van der Waals surface area contributed by atoms with E-state index in [0.29, 0.717) is 22.2 Å². The van der Waals surface area contributed by atoms with Crippen LogP contribution in [-0.2, 0) is 4.79 Å². The van der Waals surface area contributed by atoms with Crippen LogP contribution in [0.25, 0.3) is 0 Å². The van der Waals surface area contributed by atoms with E-state index in [9.17, 15) is 9.59 Å². The molecule has 3 heterocycles. The fraction of sp³-hybridized carbons (Fsp3) is 0.519. The molecule has 1 aromatic heterocycles. The Labute approximate surface area is 211 Å². The number of fused-ring (bicyclic) bond motifs is 2. The van der Waals surface area contributed by atoms with Crippen molar-refractivity contribution in [3.63, 3.8) is 0 Å². The summed E-state index contributed by atoms with van der Waals surface area (Å²) >= 11 is 5.99. The third-order valence-electron chi connectivity index (χ3n) is 7.31. The Hall–Kier alpha value is -2.80. The zero-order chi connectivity index (χ0) is 24.8. The molecule has 0 spiro atoms. The Kier molecular flexibility index (Phi) is 6.16. The van der Waals surface area contributed by atoms with Gasteiger partial charge in [0.25, 0.3) is 11.8 Å². The summed E-state index contributed by atoms with van der Waals surface area (Å²) in [7, 11) is 0. The second-order valence-electron chi connectivity index (χ2n) is 10.6. The molecule has 3 aliphatic rings. The van der Waals surface area contributed by atoms with Gasteiger partial charge in [-0.25, -0.2) is 4.98 Å². The lowest BCUT2D eigenvalue weighted by molar-refractivity contribution is -0.136. The van der Waals surface area contributed by atoms with E-state index in [1.807, 2.05) is 13.0 Å². The van der Waals surface area contributed by atoms with Gasteiger partial charge < -0.3 is 20.3 Å². The molecule has 2 N–H and O–H groups in total. The summed E-state index contributed by atoms with van der Waals surface area (Å²) in [5, 5.41) is 7.07. The fourth-order valence-electron chi connectivity index (χ4n) is 5.33. The minimum absolute atomic E-state index is 0.0865. The Morgan fingerprint density at radius 2 is 1.89 bits per heavy atom. The molecule has 2 aliphatic heterocycles. The highest BCUT2D eigenvalue weighted by molar-refractivity contribution is 6.30. The molecule has 2 amide bonds. The first-order chi connectivity index (χ1) is 16.7. The van der Waals surface area contributed by atoms with Crippen molar-refractivity contribution < 1.29 is 14.3 Å². The molecule has 2 aromatic rings. The number of nitrogens with zero attached hydrogens (tertiary/aromatic N) is 2. The van der Waals surface area contributed by atoms with Gasteiger partial charge >= 0.3 is 0 Å².